The zero-order valence-corrected chi connectivity index (χ0v) is 15.1. The van der Waals surface area contributed by atoms with Crippen LogP contribution in [0, 0.1) is 12.8 Å². The number of nitrogens with one attached hydrogen (secondary N) is 1. The first-order valence-electron chi connectivity index (χ1n) is 8.40. The number of thiazole rings is 1. The maximum Gasteiger partial charge on any atom is 0.251 e. The van der Waals surface area contributed by atoms with E-state index in [1.54, 1.807) is 0 Å². The highest BCUT2D eigenvalue weighted by atomic mass is 32.1. The topological polar surface area (TPSA) is 114 Å². The summed E-state index contributed by atoms with van der Waals surface area (Å²) in [6.45, 7) is 4.79. The number of amides is 2. The molecule has 0 unspecified atom stereocenters. The van der Waals surface area contributed by atoms with Gasteiger partial charge in [-0.15, -0.1) is 0 Å². The minimum absolute atomic E-state index is 0.0775. The molecule has 1 aliphatic rings. The maximum absolute atomic E-state index is 12.4. The summed E-state index contributed by atoms with van der Waals surface area (Å²) in [5, 5.41) is 3.45. The van der Waals surface area contributed by atoms with Crippen molar-refractivity contribution in [1.29, 1.82) is 0 Å². The number of nitrogen functional groups attached to an aromatic ring is 1. The van der Waals surface area contributed by atoms with Crippen molar-refractivity contribution < 1.29 is 9.59 Å². The van der Waals surface area contributed by atoms with Crippen LogP contribution in [0.1, 0.15) is 28.8 Å². The first-order valence-corrected chi connectivity index (χ1v) is 9.22. The fourth-order valence-corrected chi connectivity index (χ4v) is 4.12. The second-order valence-electron chi connectivity index (χ2n) is 6.49. The molecule has 0 bridgehead atoms. The number of piperidine rings is 1. The van der Waals surface area contributed by atoms with E-state index in [0.29, 0.717) is 30.3 Å². The van der Waals surface area contributed by atoms with Gasteiger partial charge in [0.15, 0.2) is 5.13 Å². The number of primary amides is 1. The van der Waals surface area contributed by atoms with Gasteiger partial charge in [0, 0.05) is 25.2 Å². The number of aryl methyl sites for hydroxylation is 1. The number of anilines is 1. The first-order chi connectivity index (χ1) is 11.9. The Morgan fingerprint density at radius 1 is 1.44 bits per heavy atom. The van der Waals surface area contributed by atoms with Crippen LogP contribution in [0.2, 0.25) is 0 Å². The first kappa shape index (κ1) is 17.6. The van der Waals surface area contributed by atoms with Gasteiger partial charge in [-0.1, -0.05) is 11.3 Å². The summed E-state index contributed by atoms with van der Waals surface area (Å²) in [5.41, 5.74) is 13.6. The van der Waals surface area contributed by atoms with Crippen LogP contribution in [0.3, 0.4) is 0 Å². The number of fused-ring (bicyclic) bond motifs is 1. The van der Waals surface area contributed by atoms with Crippen molar-refractivity contribution in [3.63, 3.8) is 0 Å². The number of hydrogen-bond acceptors (Lipinski definition) is 6. The van der Waals surface area contributed by atoms with Crippen LogP contribution in [0.25, 0.3) is 10.2 Å². The Kier molecular flexibility index (Phi) is 5.19. The van der Waals surface area contributed by atoms with Crippen molar-refractivity contribution in [3.05, 3.63) is 23.3 Å². The van der Waals surface area contributed by atoms with Gasteiger partial charge in [-0.2, -0.15) is 0 Å². The molecule has 2 amide bonds. The SMILES string of the molecule is Cc1cc(C(=O)NCCN2CCC[C@@H](C(N)=O)C2)cc2sc(N)nc12. The van der Waals surface area contributed by atoms with Crippen LogP contribution in [0.15, 0.2) is 12.1 Å². The van der Waals surface area contributed by atoms with Gasteiger partial charge in [-0.3, -0.25) is 9.59 Å². The van der Waals surface area contributed by atoms with E-state index in [2.05, 4.69) is 15.2 Å². The van der Waals surface area contributed by atoms with E-state index in [-0.39, 0.29) is 17.7 Å². The van der Waals surface area contributed by atoms with E-state index >= 15 is 0 Å². The zero-order chi connectivity index (χ0) is 18.0. The summed E-state index contributed by atoms with van der Waals surface area (Å²) >= 11 is 1.38. The molecule has 25 heavy (non-hydrogen) atoms. The third kappa shape index (κ3) is 4.08. The number of carbonyl (C=O) groups excluding carboxylic acids is 2. The number of nitrogens with two attached hydrogens (primary N) is 2. The Labute approximate surface area is 150 Å². The molecule has 8 heteroatoms. The summed E-state index contributed by atoms with van der Waals surface area (Å²) in [4.78, 5) is 30.2. The Balaban J connectivity index is 1.57. The summed E-state index contributed by atoms with van der Waals surface area (Å²) in [6, 6.07) is 3.66. The normalized spacial score (nSPS) is 18.4. The van der Waals surface area contributed by atoms with Crippen molar-refractivity contribution in [2.24, 2.45) is 11.7 Å². The van der Waals surface area contributed by atoms with E-state index in [1.165, 1.54) is 11.3 Å². The van der Waals surface area contributed by atoms with Crippen LogP contribution in [0.5, 0.6) is 0 Å². The van der Waals surface area contributed by atoms with Gasteiger partial charge in [0.05, 0.1) is 16.1 Å². The van der Waals surface area contributed by atoms with Gasteiger partial charge in [-0.25, -0.2) is 4.98 Å². The molecular formula is C17H23N5O2S. The molecule has 1 atom stereocenters. The monoisotopic (exact) mass is 361 g/mol. The predicted octanol–water partition coefficient (Wildman–Crippen LogP) is 1.11. The van der Waals surface area contributed by atoms with Gasteiger partial charge in [0.25, 0.3) is 5.91 Å². The lowest BCUT2D eigenvalue weighted by molar-refractivity contribution is -0.123. The number of hydrogen-bond donors (Lipinski definition) is 3. The Morgan fingerprint density at radius 3 is 3.00 bits per heavy atom. The van der Waals surface area contributed by atoms with Crippen molar-refractivity contribution in [3.8, 4) is 0 Å². The lowest BCUT2D eigenvalue weighted by atomic mass is 9.97. The second-order valence-corrected chi connectivity index (χ2v) is 7.55. The highest BCUT2D eigenvalue weighted by Gasteiger charge is 2.23. The molecule has 2 heterocycles. The quantitative estimate of drug-likeness (QED) is 0.738. The summed E-state index contributed by atoms with van der Waals surface area (Å²) in [6.07, 6.45) is 1.82. The van der Waals surface area contributed by atoms with Gasteiger partial charge < -0.3 is 21.7 Å². The largest absolute Gasteiger partial charge is 0.375 e. The highest BCUT2D eigenvalue weighted by Crippen LogP contribution is 2.27. The lowest BCUT2D eigenvalue weighted by Gasteiger charge is -2.31. The van der Waals surface area contributed by atoms with E-state index in [0.717, 1.165) is 35.2 Å². The smallest absolute Gasteiger partial charge is 0.251 e. The second kappa shape index (κ2) is 7.37. The van der Waals surface area contributed by atoms with Gasteiger partial charge >= 0.3 is 0 Å². The molecule has 2 aromatic rings. The number of likely N-dealkylation sites (tertiary alicyclic amines) is 1. The van der Waals surface area contributed by atoms with Crippen molar-refractivity contribution in [1.82, 2.24) is 15.2 Å². The van der Waals surface area contributed by atoms with E-state index in [9.17, 15) is 9.59 Å². The fourth-order valence-electron chi connectivity index (χ4n) is 3.27. The number of aromatic nitrogens is 1. The third-order valence-electron chi connectivity index (χ3n) is 4.59. The molecule has 1 aromatic heterocycles. The van der Waals surface area contributed by atoms with Crippen molar-refractivity contribution >= 4 is 38.5 Å². The van der Waals surface area contributed by atoms with Crippen LogP contribution in [0.4, 0.5) is 5.13 Å². The molecule has 1 aliphatic heterocycles. The van der Waals surface area contributed by atoms with Gasteiger partial charge in [0.2, 0.25) is 5.91 Å². The summed E-state index contributed by atoms with van der Waals surface area (Å²) < 4.78 is 0.919. The molecule has 5 N–H and O–H groups in total. The zero-order valence-electron chi connectivity index (χ0n) is 14.2. The minimum Gasteiger partial charge on any atom is -0.375 e. The Bertz CT molecular complexity index is 804. The van der Waals surface area contributed by atoms with E-state index in [4.69, 9.17) is 11.5 Å². The standard InChI is InChI=1S/C17H23N5O2S/c1-10-7-12(8-13-14(10)21-17(19)25-13)16(24)20-4-6-22-5-2-3-11(9-22)15(18)23/h7-8,11H,2-6,9H2,1H3,(H2,18,23)(H2,19,21)(H,20,24)/t11-/m1/s1. The van der Waals surface area contributed by atoms with Gasteiger partial charge in [-0.05, 0) is 44.0 Å². The molecule has 1 saturated heterocycles. The lowest BCUT2D eigenvalue weighted by Crippen LogP contribution is -2.44. The molecular weight excluding hydrogens is 338 g/mol. The maximum atomic E-state index is 12.4. The van der Waals surface area contributed by atoms with Gasteiger partial charge in [0.1, 0.15) is 0 Å². The molecule has 3 rings (SSSR count). The minimum atomic E-state index is -0.235. The predicted molar refractivity (Wildman–Crippen MR) is 99.5 cm³/mol. The molecule has 0 radical (unpaired) electrons. The van der Waals surface area contributed by atoms with Crippen molar-refractivity contribution in [2.45, 2.75) is 19.8 Å². The fraction of sp³-hybridized carbons (Fsp3) is 0.471. The Morgan fingerprint density at radius 2 is 2.24 bits per heavy atom. The highest BCUT2D eigenvalue weighted by molar-refractivity contribution is 7.22. The molecule has 134 valence electrons. The molecule has 0 aliphatic carbocycles. The third-order valence-corrected chi connectivity index (χ3v) is 5.42. The number of carbonyl (C=O) groups is 2. The van der Waals surface area contributed by atoms with Crippen LogP contribution >= 0.6 is 11.3 Å². The Hall–Kier alpha value is -2.19. The molecule has 0 spiro atoms. The average molecular weight is 361 g/mol. The van der Waals surface area contributed by atoms with E-state index < -0.39 is 0 Å². The average Bonchev–Trinajstić information content (AvgIpc) is 2.96. The summed E-state index contributed by atoms with van der Waals surface area (Å²) in [7, 11) is 0. The molecule has 7 nitrogen and oxygen atoms in total. The molecule has 1 aromatic carbocycles. The van der Waals surface area contributed by atoms with E-state index in [1.807, 2.05) is 19.1 Å². The van der Waals surface area contributed by atoms with Crippen LogP contribution in [-0.2, 0) is 4.79 Å². The van der Waals surface area contributed by atoms with Crippen LogP contribution in [-0.4, -0.2) is 47.9 Å². The molecule has 1 fully saturated rings. The van der Waals surface area contributed by atoms with Crippen LogP contribution < -0.4 is 16.8 Å². The molecule has 0 saturated carbocycles. The number of rotatable bonds is 5. The number of nitrogens with zero attached hydrogens (tertiary/aromatic N) is 2. The number of benzene rings is 1. The van der Waals surface area contributed by atoms with Crippen molar-refractivity contribution in [2.75, 3.05) is 31.9 Å². The summed E-state index contributed by atoms with van der Waals surface area (Å²) in [5.74, 6) is -0.423.